The van der Waals surface area contributed by atoms with Gasteiger partial charge in [0.05, 0.1) is 16.6 Å². The third kappa shape index (κ3) is 4.55. The minimum absolute atomic E-state index is 0.0125. The summed E-state index contributed by atoms with van der Waals surface area (Å²) in [7, 11) is 2.17. The molecule has 0 bridgehead atoms. The Kier molecular flexibility index (Phi) is 6.09. The Hall–Kier alpha value is -3.81. The van der Waals surface area contributed by atoms with Gasteiger partial charge in [-0.05, 0) is 42.9 Å². The molecule has 3 heterocycles. The molecular formula is C29H30N6O. The second-order valence-corrected chi connectivity index (χ2v) is 9.63. The summed E-state index contributed by atoms with van der Waals surface area (Å²) in [5, 5.41) is 4.12. The molecule has 1 saturated heterocycles. The number of aromatic nitrogens is 3. The first-order valence-corrected chi connectivity index (χ1v) is 12.6. The van der Waals surface area contributed by atoms with Gasteiger partial charge in [0.2, 0.25) is 5.91 Å². The summed E-state index contributed by atoms with van der Waals surface area (Å²) in [5.41, 5.74) is 6.57. The van der Waals surface area contributed by atoms with E-state index >= 15 is 0 Å². The van der Waals surface area contributed by atoms with Crippen LogP contribution in [-0.4, -0.2) is 63.5 Å². The molecule has 0 unspecified atom stereocenters. The fourth-order valence-electron chi connectivity index (χ4n) is 5.00. The summed E-state index contributed by atoms with van der Waals surface area (Å²) in [6, 6.07) is 24.3. The minimum atomic E-state index is -0.0125. The Morgan fingerprint density at radius 1 is 0.861 bits per heavy atom. The summed E-state index contributed by atoms with van der Waals surface area (Å²) in [5.74, 6) is -0.0125. The maximum atomic E-state index is 12.9. The van der Waals surface area contributed by atoms with Crippen LogP contribution in [0.15, 0.2) is 72.8 Å². The second-order valence-electron chi connectivity index (χ2n) is 9.63. The van der Waals surface area contributed by atoms with Crippen molar-refractivity contribution >= 4 is 44.7 Å². The maximum Gasteiger partial charge on any atom is 0.226 e. The fraction of sp³-hybridized carbons (Fsp3) is 0.276. The third-order valence-corrected chi connectivity index (χ3v) is 7.06. The number of nitrogens with one attached hydrogen (secondary N) is 1. The van der Waals surface area contributed by atoms with Gasteiger partial charge >= 0.3 is 0 Å². The summed E-state index contributed by atoms with van der Waals surface area (Å²) >= 11 is 0. The van der Waals surface area contributed by atoms with Gasteiger partial charge in [-0.1, -0.05) is 42.5 Å². The normalized spacial score (nSPS) is 15.1. The Morgan fingerprint density at radius 3 is 2.33 bits per heavy atom. The number of carbonyl (C=O) groups excluding carboxylic acids is 1. The van der Waals surface area contributed by atoms with E-state index < -0.39 is 0 Å². The van der Waals surface area contributed by atoms with Crippen molar-refractivity contribution in [1.82, 2.24) is 24.3 Å². The third-order valence-electron chi connectivity index (χ3n) is 7.06. The molecule has 0 spiro atoms. The molecular weight excluding hydrogens is 448 g/mol. The van der Waals surface area contributed by atoms with Gasteiger partial charge in [-0.25, -0.2) is 9.97 Å². The van der Waals surface area contributed by atoms with Gasteiger partial charge in [-0.3, -0.25) is 9.69 Å². The van der Waals surface area contributed by atoms with Crippen LogP contribution in [-0.2, 0) is 17.9 Å². The first kappa shape index (κ1) is 22.6. The molecule has 1 aliphatic heterocycles. The number of para-hydroxylation sites is 3. The molecule has 7 nitrogen and oxygen atoms in total. The Labute approximate surface area is 210 Å². The number of fused-ring (bicyclic) bond motifs is 4. The molecule has 0 saturated carbocycles. The van der Waals surface area contributed by atoms with Crippen molar-refractivity contribution in [2.45, 2.75) is 19.5 Å². The number of aryl methyl sites for hydroxylation is 1. The monoisotopic (exact) mass is 478 g/mol. The molecule has 182 valence electrons. The highest BCUT2D eigenvalue weighted by Crippen LogP contribution is 2.28. The van der Waals surface area contributed by atoms with E-state index in [9.17, 15) is 4.79 Å². The number of piperazine rings is 1. The number of anilines is 1. The number of hydrogen-bond donors (Lipinski definition) is 1. The number of nitrogens with zero attached hydrogens (tertiary/aromatic N) is 5. The lowest BCUT2D eigenvalue weighted by atomic mass is 10.1. The van der Waals surface area contributed by atoms with Gasteiger partial charge < -0.3 is 14.8 Å². The van der Waals surface area contributed by atoms with E-state index in [1.54, 1.807) is 0 Å². The van der Waals surface area contributed by atoms with Gasteiger partial charge in [0.25, 0.3) is 0 Å². The lowest BCUT2D eigenvalue weighted by Crippen LogP contribution is -2.43. The van der Waals surface area contributed by atoms with Gasteiger partial charge in [0.15, 0.2) is 5.65 Å². The van der Waals surface area contributed by atoms with E-state index in [0.29, 0.717) is 13.0 Å². The lowest BCUT2D eigenvalue weighted by molar-refractivity contribution is -0.116. The predicted molar refractivity (Wildman–Crippen MR) is 145 cm³/mol. The zero-order valence-electron chi connectivity index (χ0n) is 20.5. The summed E-state index contributed by atoms with van der Waals surface area (Å²) in [4.78, 5) is 27.5. The molecule has 3 aromatic carbocycles. The lowest BCUT2D eigenvalue weighted by Gasteiger charge is -2.32. The van der Waals surface area contributed by atoms with Gasteiger partial charge in [-0.15, -0.1) is 0 Å². The van der Waals surface area contributed by atoms with Crippen LogP contribution >= 0.6 is 0 Å². The van der Waals surface area contributed by atoms with E-state index in [2.05, 4.69) is 51.0 Å². The number of likely N-dealkylation sites (N-methyl/N-ethyl adjacent to an activating group) is 1. The zero-order valence-corrected chi connectivity index (χ0v) is 20.5. The highest BCUT2D eigenvalue weighted by atomic mass is 16.1. The van der Waals surface area contributed by atoms with Crippen LogP contribution in [0.2, 0.25) is 0 Å². The molecule has 1 amide bonds. The van der Waals surface area contributed by atoms with E-state index in [0.717, 1.165) is 71.5 Å². The van der Waals surface area contributed by atoms with E-state index in [1.807, 2.05) is 48.5 Å². The van der Waals surface area contributed by atoms with Crippen LogP contribution in [0.5, 0.6) is 0 Å². The number of amides is 1. The Morgan fingerprint density at radius 2 is 1.56 bits per heavy atom. The van der Waals surface area contributed by atoms with Crippen LogP contribution in [0.3, 0.4) is 0 Å². The first-order valence-electron chi connectivity index (χ1n) is 12.6. The molecule has 7 heteroatoms. The van der Waals surface area contributed by atoms with Crippen molar-refractivity contribution in [3.8, 4) is 0 Å². The standard InChI is InChI=1S/C29H30N6O/c1-33-16-18-34(19-17-33)20-21-10-12-22(13-11-21)30-27(36)14-15-35-26-9-5-2-6-23(26)28-29(35)32-25-8-4-3-7-24(25)31-28/h2-13H,14-20H2,1H3,(H,30,36). The highest BCUT2D eigenvalue weighted by molar-refractivity contribution is 6.06. The number of carbonyl (C=O) groups is 1. The van der Waals surface area contributed by atoms with Crippen LogP contribution < -0.4 is 5.32 Å². The molecule has 2 aromatic heterocycles. The van der Waals surface area contributed by atoms with Crippen molar-refractivity contribution in [3.63, 3.8) is 0 Å². The number of rotatable bonds is 6. The van der Waals surface area contributed by atoms with Crippen molar-refractivity contribution in [2.24, 2.45) is 0 Å². The quantitative estimate of drug-likeness (QED) is 0.389. The van der Waals surface area contributed by atoms with Gasteiger partial charge in [0.1, 0.15) is 5.52 Å². The molecule has 1 N–H and O–H groups in total. The van der Waals surface area contributed by atoms with Crippen molar-refractivity contribution < 1.29 is 4.79 Å². The molecule has 5 aromatic rings. The van der Waals surface area contributed by atoms with Gasteiger partial charge in [-0.2, -0.15) is 0 Å². The van der Waals surface area contributed by atoms with E-state index in [-0.39, 0.29) is 5.91 Å². The number of hydrogen-bond acceptors (Lipinski definition) is 5. The Balaban J connectivity index is 1.15. The predicted octanol–water partition coefficient (Wildman–Crippen LogP) is 4.51. The van der Waals surface area contributed by atoms with Crippen LogP contribution in [0, 0.1) is 0 Å². The molecule has 36 heavy (non-hydrogen) atoms. The first-order chi connectivity index (χ1) is 17.6. The SMILES string of the molecule is CN1CCN(Cc2ccc(NC(=O)CCn3c4ccccc4c4nc5ccccc5nc43)cc2)CC1. The summed E-state index contributed by atoms with van der Waals surface area (Å²) < 4.78 is 2.11. The smallest absolute Gasteiger partial charge is 0.226 e. The molecule has 1 fully saturated rings. The maximum absolute atomic E-state index is 12.9. The molecule has 1 aliphatic rings. The largest absolute Gasteiger partial charge is 0.326 e. The fourth-order valence-corrected chi connectivity index (χ4v) is 5.00. The van der Waals surface area contributed by atoms with Crippen molar-refractivity contribution in [3.05, 3.63) is 78.4 Å². The number of benzene rings is 3. The minimum Gasteiger partial charge on any atom is -0.326 e. The van der Waals surface area contributed by atoms with Crippen LogP contribution in [0.4, 0.5) is 5.69 Å². The van der Waals surface area contributed by atoms with Crippen LogP contribution in [0.25, 0.3) is 33.1 Å². The van der Waals surface area contributed by atoms with Crippen molar-refractivity contribution in [1.29, 1.82) is 0 Å². The topological polar surface area (TPSA) is 66.3 Å². The summed E-state index contributed by atoms with van der Waals surface area (Å²) in [6.45, 7) is 5.90. The van der Waals surface area contributed by atoms with Gasteiger partial charge in [0, 0.05) is 56.8 Å². The van der Waals surface area contributed by atoms with E-state index in [4.69, 9.17) is 9.97 Å². The molecule has 0 aliphatic carbocycles. The highest BCUT2D eigenvalue weighted by Gasteiger charge is 2.16. The molecule has 6 rings (SSSR count). The molecule has 0 atom stereocenters. The molecule has 0 radical (unpaired) electrons. The summed E-state index contributed by atoms with van der Waals surface area (Å²) in [6.07, 6.45) is 0.353. The van der Waals surface area contributed by atoms with Crippen LogP contribution in [0.1, 0.15) is 12.0 Å². The Bertz CT molecular complexity index is 1530. The average Bonchev–Trinajstić information content (AvgIpc) is 3.21. The average molecular weight is 479 g/mol. The van der Waals surface area contributed by atoms with E-state index in [1.165, 1.54) is 5.56 Å². The zero-order chi connectivity index (χ0) is 24.5. The van der Waals surface area contributed by atoms with Crippen molar-refractivity contribution in [2.75, 3.05) is 38.5 Å². The second kappa shape index (κ2) is 9.68.